The largest absolute Gasteiger partial charge is 0.303 e. The Hall–Kier alpha value is -1.11. The molecule has 12 heavy (non-hydrogen) atoms. The molecule has 1 rings (SSSR count). The van der Waals surface area contributed by atoms with Crippen LogP contribution in [0.5, 0.6) is 0 Å². The summed E-state index contributed by atoms with van der Waals surface area (Å²) in [5, 5.41) is 0. The highest BCUT2D eigenvalue weighted by molar-refractivity contribution is 5.51. The monoisotopic (exact) mass is 162 g/mol. The summed E-state index contributed by atoms with van der Waals surface area (Å²) in [5.41, 5.74) is 2.50. The molecule has 0 spiro atoms. The molecular formula is C11H14O. The summed E-state index contributed by atoms with van der Waals surface area (Å²) in [6.07, 6.45) is 1.59. The van der Waals surface area contributed by atoms with E-state index in [1.54, 1.807) is 0 Å². The lowest BCUT2D eigenvalue weighted by Crippen LogP contribution is -1.93. The van der Waals surface area contributed by atoms with Crippen molar-refractivity contribution in [1.82, 2.24) is 0 Å². The number of carbonyl (C=O) groups excluding carboxylic acids is 1. The van der Waals surface area contributed by atoms with Crippen molar-refractivity contribution < 1.29 is 4.79 Å². The van der Waals surface area contributed by atoms with E-state index in [4.69, 9.17) is 0 Å². The number of carbonyl (C=O) groups is 1. The van der Waals surface area contributed by atoms with E-state index in [-0.39, 0.29) is 0 Å². The van der Waals surface area contributed by atoms with Crippen molar-refractivity contribution in [2.45, 2.75) is 26.2 Å². The van der Waals surface area contributed by atoms with Gasteiger partial charge in [0.2, 0.25) is 0 Å². The van der Waals surface area contributed by atoms with Crippen molar-refractivity contribution in [2.24, 2.45) is 0 Å². The van der Waals surface area contributed by atoms with Gasteiger partial charge < -0.3 is 4.79 Å². The fourth-order valence-electron chi connectivity index (χ4n) is 1.18. The average molecular weight is 162 g/mol. The molecule has 1 heteroatoms. The molecule has 0 heterocycles. The molecule has 1 aromatic rings. The van der Waals surface area contributed by atoms with Gasteiger partial charge in [0.05, 0.1) is 0 Å². The van der Waals surface area contributed by atoms with Gasteiger partial charge in [0.15, 0.2) is 0 Å². The second-order valence-electron chi connectivity index (χ2n) is 3.21. The zero-order valence-corrected chi connectivity index (χ0v) is 7.58. The molecule has 0 aliphatic carbocycles. The number of aldehydes is 1. The minimum absolute atomic E-state index is 0.350. The number of benzene rings is 1. The third-order valence-corrected chi connectivity index (χ3v) is 2.10. The van der Waals surface area contributed by atoms with Crippen LogP contribution < -0.4 is 0 Å². The number of hydrogen-bond acceptors (Lipinski definition) is 1. The Kier molecular flexibility index (Phi) is 3.03. The quantitative estimate of drug-likeness (QED) is 0.624. The van der Waals surface area contributed by atoms with Crippen LogP contribution in [0.4, 0.5) is 0 Å². The first-order valence-corrected chi connectivity index (χ1v) is 4.24. The van der Waals surface area contributed by atoms with Crippen LogP contribution in [0.2, 0.25) is 0 Å². The SMILES string of the molecule is Cc1ccc(C(C)CC=O)cc1. The molecule has 1 aromatic carbocycles. The molecule has 1 unspecified atom stereocenters. The van der Waals surface area contributed by atoms with Crippen molar-refractivity contribution >= 4 is 6.29 Å². The van der Waals surface area contributed by atoms with Crippen LogP contribution in [0.15, 0.2) is 24.3 Å². The summed E-state index contributed by atoms with van der Waals surface area (Å²) >= 11 is 0. The Labute approximate surface area is 73.4 Å². The van der Waals surface area contributed by atoms with Crippen LogP contribution in [0.1, 0.15) is 30.4 Å². The van der Waals surface area contributed by atoms with E-state index in [2.05, 4.69) is 38.1 Å². The Balaban J connectivity index is 2.74. The minimum Gasteiger partial charge on any atom is -0.303 e. The molecule has 0 aromatic heterocycles. The molecule has 0 aliphatic heterocycles. The van der Waals surface area contributed by atoms with Crippen molar-refractivity contribution in [3.8, 4) is 0 Å². The van der Waals surface area contributed by atoms with Crippen LogP contribution in [0.25, 0.3) is 0 Å². The van der Waals surface area contributed by atoms with E-state index in [1.165, 1.54) is 11.1 Å². The van der Waals surface area contributed by atoms with Gasteiger partial charge in [-0.2, -0.15) is 0 Å². The molecule has 0 amide bonds. The smallest absolute Gasteiger partial charge is 0.120 e. The summed E-state index contributed by atoms with van der Waals surface area (Å²) in [6, 6.07) is 8.33. The Morgan fingerprint density at radius 2 is 1.92 bits per heavy atom. The Morgan fingerprint density at radius 3 is 2.42 bits per heavy atom. The second kappa shape index (κ2) is 4.05. The van der Waals surface area contributed by atoms with Gasteiger partial charge in [-0.15, -0.1) is 0 Å². The van der Waals surface area contributed by atoms with E-state index in [1.807, 2.05) is 0 Å². The topological polar surface area (TPSA) is 17.1 Å². The van der Waals surface area contributed by atoms with Crippen molar-refractivity contribution in [3.05, 3.63) is 35.4 Å². The van der Waals surface area contributed by atoms with E-state index >= 15 is 0 Å². The van der Waals surface area contributed by atoms with Crippen molar-refractivity contribution in [3.63, 3.8) is 0 Å². The molecule has 0 aliphatic rings. The predicted octanol–water partition coefficient (Wildman–Crippen LogP) is 2.69. The van der Waals surface area contributed by atoms with Gasteiger partial charge in [-0.25, -0.2) is 0 Å². The van der Waals surface area contributed by atoms with Crippen molar-refractivity contribution in [1.29, 1.82) is 0 Å². The van der Waals surface area contributed by atoms with Gasteiger partial charge in [-0.3, -0.25) is 0 Å². The molecule has 0 saturated carbocycles. The fourth-order valence-corrected chi connectivity index (χ4v) is 1.18. The van der Waals surface area contributed by atoms with E-state index in [0.717, 1.165) is 6.29 Å². The summed E-state index contributed by atoms with van der Waals surface area (Å²) < 4.78 is 0. The summed E-state index contributed by atoms with van der Waals surface area (Å²) in [6.45, 7) is 4.13. The van der Waals surface area contributed by atoms with Crippen LogP contribution >= 0.6 is 0 Å². The standard InChI is InChI=1S/C11H14O/c1-9-3-5-11(6-4-9)10(2)7-8-12/h3-6,8,10H,7H2,1-2H3. The molecule has 0 fully saturated rings. The lowest BCUT2D eigenvalue weighted by Gasteiger charge is -2.07. The summed E-state index contributed by atoms with van der Waals surface area (Å²) in [4.78, 5) is 10.3. The lowest BCUT2D eigenvalue weighted by atomic mass is 9.98. The van der Waals surface area contributed by atoms with Crippen LogP contribution in [-0.2, 0) is 4.79 Å². The molecule has 64 valence electrons. The molecular weight excluding hydrogens is 148 g/mol. The first kappa shape index (κ1) is 8.98. The zero-order valence-electron chi connectivity index (χ0n) is 7.58. The van der Waals surface area contributed by atoms with E-state index < -0.39 is 0 Å². The van der Waals surface area contributed by atoms with E-state index in [0.29, 0.717) is 12.3 Å². The van der Waals surface area contributed by atoms with Crippen LogP contribution in [0, 0.1) is 6.92 Å². The normalized spacial score (nSPS) is 12.5. The van der Waals surface area contributed by atoms with Gasteiger partial charge >= 0.3 is 0 Å². The van der Waals surface area contributed by atoms with Crippen LogP contribution in [-0.4, -0.2) is 6.29 Å². The molecule has 1 nitrogen and oxygen atoms in total. The molecule has 0 bridgehead atoms. The van der Waals surface area contributed by atoms with Gasteiger partial charge in [0.1, 0.15) is 6.29 Å². The first-order chi connectivity index (χ1) is 5.74. The number of aryl methyl sites for hydroxylation is 1. The fraction of sp³-hybridized carbons (Fsp3) is 0.364. The van der Waals surface area contributed by atoms with E-state index in [9.17, 15) is 4.79 Å². The summed E-state index contributed by atoms with van der Waals surface area (Å²) in [5.74, 6) is 0.350. The Bertz CT molecular complexity index is 248. The maximum atomic E-state index is 10.3. The second-order valence-corrected chi connectivity index (χ2v) is 3.21. The predicted molar refractivity (Wildman–Crippen MR) is 50.3 cm³/mol. The van der Waals surface area contributed by atoms with Gasteiger partial charge in [0.25, 0.3) is 0 Å². The third kappa shape index (κ3) is 2.19. The maximum absolute atomic E-state index is 10.3. The lowest BCUT2D eigenvalue weighted by molar-refractivity contribution is -0.108. The molecule has 1 atom stereocenters. The van der Waals surface area contributed by atoms with Gasteiger partial charge in [-0.05, 0) is 18.4 Å². The van der Waals surface area contributed by atoms with Gasteiger partial charge in [-0.1, -0.05) is 36.8 Å². The average Bonchev–Trinajstić information content (AvgIpc) is 2.06. The summed E-state index contributed by atoms with van der Waals surface area (Å²) in [7, 11) is 0. The highest BCUT2D eigenvalue weighted by Gasteiger charge is 2.02. The molecule has 0 N–H and O–H groups in total. The van der Waals surface area contributed by atoms with Gasteiger partial charge in [0, 0.05) is 6.42 Å². The van der Waals surface area contributed by atoms with Crippen molar-refractivity contribution in [2.75, 3.05) is 0 Å². The first-order valence-electron chi connectivity index (χ1n) is 4.24. The molecule has 0 saturated heterocycles. The Morgan fingerprint density at radius 1 is 1.33 bits per heavy atom. The van der Waals surface area contributed by atoms with Crippen LogP contribution in [0.3, 0.4) is 0 Å². The maximum Gasteiger partial charge on any atom is 0.120 e. The highest BCUT2D eigenvalue weighted by atomic mass is 16.1. The minimum atomic E-state index is 0.350. The number of rotatable bonds is 3. The zero-order chi connectivity index (χ0) is 8.97. The third-order valence-electron chi connectivity index (χ3n) is 2.10. The number of hydrogen-bond donors (Lipinski definition) is 0. The highest BCUT2D eigenvalue weighted by Crippen LogP contribution is 2.17. The molecule has 0 radical (unpaired) electrons.